The Hall–Kier alpha value is -3.39. The summed E-state index contributed by atoms with van der Waals surface area (Å²) in [5, 5.41) is 3.95. The smallest absolute Gasteiger partial charge is 0.412 e. The van der Waals surface area contributed by atoms with E-state index in [-0.39, 0.29) is 11.9 Å². The van der Waals surface area contributed by atoms with Crippen LogP contribution >= 0.6 is 11.3 Å². The van der Waals surface area contributed by atoms with Crippen LogP contribution in [0.3, 0.4) is 0 Å². The molecule has 0 bridgehead atoms. The highest BCUT2D eigenvalue weighted by Crippen LogP contribution is 2.45. The van der Waals surface area contributed by atoms with Gasteiger partial charge >= 0.3 is 6.09 Å². The molecule has 3 heterocycles. The van der Waals surface area contributed by atoms with Crippen molar-refractivity contribution in [3.63, 3.8) is 0 Å². The summed E-state index contributed by atoms with van der Waals surface area (Å²) < 4.78 is 11.2. The number of benzene rings is 2. The highest BCUT2D eigenvalue weighted by molar-refractivity contribution is 7.15. The molecule has 1 aliphatic carbocycles. The van der Waals surface area contributed by atoms with Crippen LogP contribution in [0.15, 0.2) is 42.5 Å². The second kappa shape index (κ2) is 10.2. The standard InChI is InChI=1S/C29H31N3O4S/c1-18-6-4-8-21(16-18)26-24(31-27(37-26)20-11-12-20)28(33)32-14-3-2-9-22(32)17-30-29(34)36-23-10-5-7-19-13-15-35-25(19)23/h4-8,10,16,20,22H,2-3,9,11-15,17H2,1H3,(H,30,34)/t22-/m0/s1. The van der Waals surface area contributed by atoms with Gasteiger partial charge in [-0.2, -0.15) is 0 Å². The fourth-order valence-corrected chi connectivity index (χ4v) is 6.41. The predicted octanol–water partition coefficient (Wildman–Crippen LogP) is 5.71. The Bertz CT molecular complexity index is 1330. The number of fused-ring (bicyclic) bond motifs is 1. The Balaban J connectivity index is 1.18. The van der Waals surface area contributed by atoms with Crippen LogP contribution in [0.2, 0.25) is 0 Å². The Labute approximate surface area is 220 Å². The topological polar surface area (TPSA) is 80.8 Å². The molecule has 2 fully saturated rings. The first-order valence-electron chi connectivity index (χ1n) is 13.2. The van der Waals surface area contributed by atoms with E-state index < -0.39 is 6.09 Å². The third kappa shape index (κ3) is 5.07. The van der Waals surface area contributed by atoms with E-state index in [9.17, 15) is 9.59 Å². The van der Waals surface area contributed by atoms with Gasteiger partial charge in [-0.3, -0.25) is 4.79 Å². The molecule has 1 N–H and O–H groups in total. The number of hydrogen-bond acceptors (Lipinski definition) is 6. The van der Waals surface area contributed by atoms with E-state index in [0.29, 0.717) is 42.8 Å². The fraction of sp³-hybridized carbons (Fsp3) is 0.414. The van der Waals surface area contributed by atoms with Crippen LogP contribution in [-0.4, -0.2) is 47.6 Å². The third-order valence-electron chi connectivity index (χ3n) is 7.30. The highest BCUT2D eigenvalue weighted by Gasteiger charge is 2.34. The number of nitrogens with one attached hydrogen (secondary N) is 1. The van der Waals surface area contributed by atoms with Gasteiger partial charge in [0.05, 0.1) is 16.5 Å². The average molecular weight is 518 g/mol. The van der Waals surface area contributed by atoms with Crippen molar-refractivity contribution >= 4 is 23.3 Å². The van der Waals surface area contributed by atoms with Gasteiger partial charge in [0, 0.05) is 37.0 Å². The number of ether oxygens (including phenoxy) is 2. The molecule has 2 aliphatic heterocycles. The predicted molar refractivity (Wildman–Crippen MR) is 143 cm³/mol. The van der Waals surface area contributed by atoms with E-state index in [2.05, 4.69) is 30.4 Å². The second-order valence-electron chi connectivity index (χ2n) is 10.1. The number of hydrogen-bond donors (Lipinski definition) is 1. The number of para-hydroxylation sites is 1. The Morgan fingerprint density at radius 2 is 2.03 bits per heavy atom. The SMILES string of the molecule is Cc1cccc(-c2sc(C3CC3)nc2C(=O)N2CCCC[C@H]2CNC(=O)Oc2cccc3c2OCC3)c1. The molecule has 1 atom stereocenters. The summed E-state index contributed by atoms with van der Waals surface area (Å²) in [6, 6.07) is 13.8. The third-order valence-corrected chi connectivity index (χ3v) is 8.57. The molecule has 6 rings (SSSR count). The summed E-state index contributed by atoms with van der Waals surface area (Å²) in [7, 11) is 0. The quantitative estimate of drug-likeness (QED) is 0.453. The summed E-state index contributed by atoms with van der Waals surface area (Å²) in [4.78, 5) is 34.3. The lowest BCUT2D eigenvalue weighted by atomic mass is 10.0. The Kier molecular flexibility index (Phi) is 6.59. The summed E-state index contributed by atoms with van der Waals surface area (Å²) >= 11 is 1.65. The Morgan fingerprint density at radius 1 is 1.16 bits per heavy atom. The van der Waals surface area contributed by atoms with Crippen LogP contribution in [0.25, 0.3) is 10.4 Å². The van der Waals surface area contributed by atoms with Crippen molar-refractivity contribution in [2.75, 3.05) is 19.7 Å². The minimum absolute atomic E-state index is 0.0474. The lowest BCUT2D eigenvalue weighted by molar-refractivity contribution is 0.0607. The molecule has 2 amide bonds. The van der Waals surface area contributed by atoms with Crippen LogP contribution in [0.5, 0.6) is 11.5 Å². The summed E-state index contributed by atoms with van der Waals surface area (Å²) in [5.41, 5.74) is 3.79. The first kappa shape index (κ1) is 24.0. The van der Waals surface area contributed by atoms with Crippen molar-refractivity contribution < 1.29 is 19.1 Å². The highest BCUT2D eigenvalue weighted by atomic mass is 32.1. The van der Waals surface area contributed by atoms with E-state index in [1.54, 1.807) is 17.4 Å². The van der Waals surface area contributed by atoms with E-state index in [4.69, 9.17) is 14.5 Å². The number of likely N-dealkylation sites (tertiary alicyclic amines) is 1. The second-order valence-corrected chi connectivity index (χ2v) is 11.2. The molecule has 37 heavy (non-hydrogen) atoms. The molecule has 0 unspecified atom stereocenters. The van der Waals surface area contributed by atoms with Gasteiger partial charge in [-0.1, -0.05) is 42.0 Å². The largest absolute Gasteiger partial charge is 0.489 e. The van der Waals surface area contributed by atoms with Crippen molar-refractivity contribution in [2.24, 2.45) is 0 Å². The molecule has 0 radical (unpaired) electrons. The number of rotatable bonds is 6. The number of aryl methyl sites for hydroxylation is 1. The zero-order valence-electron chi connectivity index (χ0n) is 21.0. The molecule has 7 nitrogen and oxygen atoms in total. The minimum Gasteiger partial charge on any atom is -0.489 e. The van der Waals surface area contributed by atoms with E-state index >= 15 is 0 Å². The maximum Gasteiger partial charge on any atom is 0.412 e. The van der Waals surface area contributed by atoms with Gasteiger partial charge in [0.15, 0.2) is 11.5 Å². The monoisotopic (exact) mass is 517 g/mol. The number of carbonyl (C=O) groups excluding carboxylic acids is 2. The van der Waals surface area contributed by atoms with E-state index in [0.717, 1.165) is 65.1 Å². The average Bonchev–Trinajstić information content (AvgIpc) is 3.47. The van der Waals surface area contributed by atoms with Crippen LogP contribution in [0, 0.1) is 6.92 Å². The Morgan fingerprint density at radius 3 is 2.86 bits per heavy atom. The normalized spacial score (nSPS) is 18.7. The van der Waals surface area contributed by atoms with Crippen molar-refractivity contribution in [3.05, 3.63) is 64.3 Å². The number of amides is 2. The molecule has 8 heteroatoms. The summed E-state index contributed by atoms with van der Waals surface area (Å²) in [6.07, 6.45) is 5.35. The lowest BCUT2D eigenvalue weighted by Crippen LogP contribution is -2.50. The van der Waals surface area contributed by atoms with Crippen LogP contribution in [-0.2, 0) is 6.42 Å². The first-order chi connectivity index (χ1) is 18.1. The number of piperidine rings is 1. The maximum absolute atomic E-state index is 13.9. The maximum atomic E-state index is 13.9. The molecule has 192 valence electrons. The molecule has 2 aromatic carbocycles. The summed E-state index contributed by atoms with van der Waals surface area (Å²) in [6.45, 7) is 3.65. The molecule has 1 aromatic heterocycles. The van der Waals surface area contributed by atoms with Gasteiger partial charge < -0.3 is 19.7 Å². The lowest BCUT2D eigenvalue weighted by Gasteiger charge is -2.35. The van der Waals surface area contributed by atoms with Gasteiger partial charge in [0.25, 0.3) is 5.91 Å². The molecule has 3 aromatic rings. The van der Waals surface area contributed by atoms with Crippen molar-refractivity contribution in [1.82, 2.24) is 15.2 Å². The van der Waals surface area contributed by atoms with Crippen molar-refractivity contribution in [3.8, 4) is 21.9 Å². The molecule has 1 saturated heterocycles. The van der Waals surface area contributed by atoms with Crippen LogP contribution in [0.4, 0.5) is 4.79 Å². The number of nitrogens with zero attached hydrogens (tertiary/aromatic N) is 2. The number of carbonyl (C=O) groups is 2. The zero-order chi connectivity index (χ0) is 25.4. The van der Waals surface area contributed by atoms with Gasteiger partial charge in [-0.05, 0) is 50.7 Å². The zero-order valence-corrected chi connectivity index (χ0v) is 21.8. The van der Waals surface area contributed by atoms with Gasteiger partial charge in [-0.15, -0.1) is 11.3 Å². The number of thiazole rings is 1. The fourth-order valence-electron chi connectivity index (χ4n) is 5.19. The molecule has 3 aliphatic rings. The minimum atomic E-state index is -0.535. The van der Waals surface area contributed by atoms with E-state index in [1.165, 1.54) is 0 Å². The van der Waals surface area contributed by atoms with Crippen LogP contribution < -0.4 is 14.8 Å². The molecule has 1 saturated carbocycles. The molecular weight excluding hydrogens is 486 g/mol. The van der Waals surface area contributed by atoms with Crippen LogP contribution in [0.1, 0.15) is 64.6 Å². The van der Waals surface area contributed by atoms with E-state index in [1.807, 2.05) is 23.1 Å². The first-order valence-corrected chi connectivity index (χ1v) is 14.0. The van der Waals surface area contributed by atoms with Crippen molar-refractivity contribution in [2.45, 2.75) is 57.4 Å². The summed E-state index contributed by atoms with van der Waals surface area (Å²) in [5.74, 6) is 1.51. The van der Waals surface area contributed by atoms with Gasteiger partial charge in [0.2, 0.25) is 0 Å². The molecule has 0 spiro atoms. The van der Waals surface area contributed by atoms with Gasteiger partial charge in [0.1, 0.15) is 5.69 Å². The number of aromatic nitrogens is 1. The molecular formula is C29H31N3O4S. The van der Waals surface area contributed by atoms with Crippen molar-refractivity contribution in [1.29, 1.82) is 0 Å². The van der Waals surface area contributed by atoms with Gasteiger partial charge in [-0.25, -0.2) is 9.78 Å².